The van der Waals surface area contributed by atoms with Gasteiger partial charge in [-0.2, -0.15) is 0 Å². The summed E-state index contributed by atoms with van der Waals surface area (Å²) < 4.78 is 23.0. The second-order valence-corrected chi connectivity index (χ2v) is 5.26. The summed E-state index contributed by atoms with van der Waals surface area (Å²) in [7, 11) is -3.51. The third-order valence-corrected chi connectivity index (χ3v) is 3.30. The molecule has 0 fully saturated rings. The first-order chi connectivity index (χ1) is 7.41. The highest BCUT2D eigenvalue weighted by atomic mass is 32.2. The smallest absolute Gasteiger partial charge is 0.329 e. The minimum atomic E-state index is -3.51. The second-order valence-electron chi connectivity index (χ2n) is 3.37. The highest BCUT2D eigenvalue weighted by Crippen LogP contribution is 2.12. The van der Waals surface area contributed by atoms with Crippen LogP contribution in [0.5, 0.6) is 0 Å². The van der Waals surface area contributed by atoms with E-state index in [0.717, 1.165) is 11.0 Å². The van der Waals surface area contributed by atoms with Gasteiger partial charge in [0.25, 0.3) is 0 Å². The van der Waals surface area contributed by atoms with Crippen LogP contribution < -0.4 is 0 Å². The number of carboxylic acids is 1. The molecule has 5 heteroatoms. The van der Waals surface area contributed by atoms with Crippen LogP contribution in [-0.4, -0.2) is 19.5 Å². The topological polar surface area (TPSA) is 71.4 Å². The fourth-order valence-corrected chi connectivity index (χ4v) is 2.38. The van der Waals surface area contributed by atoms with E-state index < -0.39 is 15.8 Å². The second kappa shape index (κ2) is 4.94. The predicted molar refractivity (Wildman–Crippen MR) is 60.6 cm³/mol. The first-order valence-electron chi connectivity index (χ1n) is 4.59. The highest BCUT2D eigenvalue weighted by Gasteiger charge is 2.09. The average Bonchev–Trinajstić information content (AvgIpc) is 2.19. The third kappa shape index (κ3) is 3.86. The maximum Gasteiger partial charge on any atom is 0.329 e. The maximum absolute atomic E-state index is 11.5. The molecule has 0 aliphatic rings. The molecule has 0 aliphatic heterocycles. The number of benzene rings is 1. The van der Waals surface area contributed by atoms with Crippen molar-refractivity contribution in [3.8, 4) is 0 Å². The van der Waals surface area contributed by atoms with Crippen molar-refractivity contribution in [2.45, 2.75) is 12.7 Å². The van der Waals surface area contributed by atoms with E-state index in [9.17, 15) is 13.2 Å². The van der Waals surface area contributed by atoms with Crippen LogP contribution >= 0.6 is 0 Å². The average molecular weight is 240 g/mol. The summed E-state index contributed by atoms with van der Waals surface area (Å²) in [5.74, 6) is -1.45. The lowest BCUT2D eigenvalue weighted by Gasteiger charge is -2.03. The van der Waals surface area contributed by atoms with Crippen molar-refractivity contribution < 1.29 is 18.3 Å². The van der Waals surface area contributed by atoms with Crippen molar-refractivity contribution in [2.75, 3.05) is 0 Å². The van der Waals surface area contributed by atoms with E-state index in [-0.39, 0.29) is 5.75 Å². The molecule has 0 amide bonds. The fourth-order valence-electron chi connectivity index (χ4n) is 1.20. The number of hydrogen-bond acceptors (Lipinski definition) is 3. The normalized spacial score (nSPS) is 11.8. The zero-order valence-electron chi connectivity index (χ0n) is 8.75. The van der Waals surface area contributed by atoms with Gasteiger partial charge in [0.05, 0.1) is 5.75 Å². The predicted octanol–water partition coefficient (Wildman–Crippen LogP) is 1.51. The van der Waals surface area contributed by atoms with Gasteiger partial charge in [0.1, 0.15) is 0 Å². The van der Waals surface area contributed by atoms with E-state index in [0.29, 0.717) is 11.6 Å². The molecule has 0 heterocycles. The first kappa shape index (κ1) is 12.4. The van der Waals surface area contributed by atoms with Crippen LogP contribution in [0.25, 0.3) is 0 Å². The molecule has 0 aliphatic carbocycles. The van der Waals surface area contributed by atoms with Crippen LogP contribution in [0.4, 0.5) is 0 Å². The van der Waals surface area contributed by atoms with Gasteiger partial charge in [0, 0.05) is 11.5 Å². The van der Waals surface area contributed by atoms with Crippen molar-refractivity contribution in [3.05, 3.63) is 46.9 Å². The van der Waals surface area contributed by atoms with Gasteiger partial charge in [0.15, 0.2) is 9.84 Å². The van der Waals surface area contributed by atoms with E-state index >= 15 is 0 Å². The molecule has 1 aromatic rings. The van der Waals surface area contributed by atoms with Gasteiger partial charge >= 0.3 is 5.97 Å². The Morgan fingerprint density at radius 1 is 1.38 bits per heavy atom. The largest absolute Gasteiger partial charge is 0.478 e. The van der Waals surface area contributed by atoms with E-state index in [1.807, 2.05) is 19.1 Å². The standard InChI is InChI=1S/C11H12O4S/c1-9-4-2-3-5-10(9)8-16(14,15)7-6-11(12)13/h2-7H,8H2,1H3,(H,12,13)/b7-6+. The van der Waals surface area contributed by atoms with Crippen LogP contribution in [0.3, 0.4) is 0 Å². The lowest BCUT2D eigenvalue weighted by Crippen LogP contribution is -2.02. The van der Waals surface area contributed by atoms with Crippen LogP contribution in [-0.2, 0) is 20.4 Å². The molecule has 86 valence electrons. The van der Waals surface area contributed by atoms with Gasteiger partial charge in [-0.05, 0) is 18.1 Å². The Balaban J connectivity index is 2.90. The molecule has 0 unspecified atom stereocenters. The Bertz CT molecular complexity index is 515. The lowest BCUT2D eigenvalue weighted by atomic mass is 10.1. The highest BCUT2D eigenvalue weighted by molar-refractivity contribution is 7.93. The minimum Gasteiger partial charge on any atom is -0.478 e. The van der Waals surface area contributed by atoms with E-state index in [4.69, 9.17) is 5.11 Å². The lowest BCUT2D eigenvalue weighted by molar-refractivity contribution is -0.131. The minimum absolute atomic E-state index is 0.177. The van der Waals surface area contributed by atoms with Crippen LogP contribution in [0.15, 0.2) is 35.7 Å². The zero-order chi connectivity index (χ0) is 12.2. The molecule has 0 atom stereocenters. The molecule has 0 bridgehead atoms. The van der Waals surface area contributed by atoms with Crippen LogP contribution in [0, 0.1) is 6.92 Å². The number of carbonyl (C=O) groups is 1. The molecule has 1 aromatic carbocycles. The van der Waals surface area contributed by atoms with Gasteiger partial charge in [-0.25, -0.2) is 13.2 Å². The van der Waals surface area contributed by atoms with Crippen molar-refractivity contribution >= 4 is 15.8 Å². The van der Waals surface area contributed by atoms with Gasteiger partial charge in [-0.15, -0.1) is 0 Å². The summed E-state index contributed by atoms with van der Waals surface area (Å²) in [6, 6.07) is 7.09. The molecule has 0 spiro atoms. The number of sulfone groups is 1. The molecule has 0 saturated heterocycles. The zero-order valence-corrected chi connectivity index (χ0v) is 9.57. The molecule has 0 radical (unpaired) electrons. The summed E-state index contributed by atoms with van der Waals surface area (Å²) >= 11 is 0. The summed E-state index contributed by atoms with van der Waals surface area (Å²) in [5.41, 5.74) is 1.55. The molecule has 1 N–H and O–H groups in total. The Labute approximate surface area is 94.1 Å². The third-order valence-electron chi connectivity index (χ3n) is 2.04. The van der Waals surface area contributed by atoms with Gasteiger partial charge in [-0.1, -0.05) is 24.3 Å². The van der Waals surface area contributed by atoms with E-state index in [1.54, 1.807) is 12.1 Å². The first-order valence-corrected chi connectivity index (χ1v) is 6.30. The van der Waals surface area contributed by atoms with Crippen molar-refractivity contribution in [1.29, 1.82) is 0 Å². The molecule has 0 aromatic heterocycles. The van der Waals surface area contributed by atoms with Crippen molar-refractivity contribution in [1.82, 2.24) is 0 Å². The van der Waals surface area contributed by atoms with Crippen LogP contribution in [0.1, 0.15) is 11.1 Å². The number of rotatable bonds is 4. The van der Waals surface area contributed by atoms with Gasteiger partial charge < -0.3 is 5.11 Å². The van der Waals surface area contributed by atoms with Crippen LogP contribution in [0.2, 0.25) is 0 Å². The number of hydrogen-bond donors (Lipinski definition) is 1. The maximum atomic E-state index is 11.5. The number of carboxylic acid groups (broad SMARTS) is 1. The van der Waals surface area contributed by atoms with Crippen molar-refractivity contribution in [3.63, 3.8) is 0 Å². The molecule has 16 heavy (non-hydrogen) atoms. The Kier molecular flexibility index (Phi) is 3.84. The molecular weight excluding hydrogens is 228 g/mol. The quantitative estimate of drug-likeness (QED) is 0.810. The Hall–Kier alpha value is -1.62. The molecule has 0 saturated carbocycles. The summed E-state index contributed by atoms with van der Waals surface area (Å²) in [5, 5.41) is 9.07. The van der Waals surface area contributed by atoms with Gasteiger partial charge in [-0.3, -0.25) is 0 Å². The Morgan fingerprint density at radius 3 is 2.56 bits per heavy atom. The summed E-state index contributed by atoms with van der Waals surface area (Å²) in [6.45, 7) is 1.81. The van der Waals surface area contributed by atoms with E-state index in [2.05, 4.69) is 0 Å². The monoisotopic (exact) mass is 240 g/mol. The van der Waals surface area contributed by atoms with E-state index in [1.165, 1.54) is 0 Å². The van der Waals surface area contributed by atoms with Crippen molar-refractivity contribution in [2.24, 2.45) is 0 Å². The SMILES string of the molecule is Cc1ccccc1CS(=O)(=O)/C=C/C(=O)O. The van der Waals surface area contributed by atoms with Gasteiger partial charge in [0.2, 0.25) is 0 Å². The molecule has 4 nitrogen and oxygen atoms in total. The summed E-state index contributed by atoms with van der Waals surface area (Å²) in [4.78, 5) is 10.2. The Morgan fingerprint density at radius 2 is 2.00 bits per heavy atom. The number of aryl methyl sites for hydroxylation is 1. The summed E-state index contributed by atoms with van der Waals surface area (Å²) in [6.07, 6.45) is 0.633. The number of aliphatic carboxylic acids is 1. The molecule has 1 rings (SSSR count). The fraction of sp³-hybridized carbons (Fsp3) is 0.182. The molecular formula is C11H12O4S.